The molecule has 0 bridgehead atoms. The number of rotatable bonds is 4. The van der Waals surface area contributed by atoms with Crippen LogP contribution in [0.2, 0.25) is 0 Å². The van der Waals surface area contributed by atoms with E-state index in [4.69, 9.17) is 16.9 Å². The van der Waals surface area contributed by atoms with Crippen molar-refractivity contribution in [2.24, 2.45) is 10.7 Å². The number of piperazine rings is 1. The van der Waals surface area contributed by atoms with Crippen LogP contribution in [0.25, 0.3) is 0 Å². The topological polar surface area (TPSA) is 71.2 Å². The Morgan fingerprint density at radius 2 is 1.82 bits per heavy atom. The van der Waals surface area contributed by atoms with E-state index in [1.165, 1.54) is 0 Å². The molecular weight excluding hydrogens is 280 g/mol. The maximum Gasteiger partial charge on any atom is 0.410 e. The van der Waals surface area contributed by atoms with Crippen LogP contribution in [0.3, 0.4) is 0 Å². The van der Waals surface area contributed by atoms with Crippen molar-refractivity contribution in [3.63, 3.8) is 0 Å². The Morgan fingerprint density at radius 1 is 1.23 bits per heavy atom. The Kier molecular flexibility index (Phi) is 7.03. The van der Waals surface area contributed by atoms with Crippen LogP contribution in [-0.4, -0.2) is 60.2 Å². The van der Waals surface area contributed by atoms with Gasteiger partial charge in [-0.25, -0.2) is 4.79 Å². The first-order valence-corrected chi connectivity index (χ1v) is 7.80. The molecular formula is C16H28N4O2. The molecule has 2 N–H and O–H groups in total. The second kappa shape index (κ2) is 8.52. The number of hydrogen-bond acceptors (Lipinski definition) is 3. The van der Waals surface area contributed by atoms with Gasteiger partial charge in [0.1, 0.15) is 5.60 Å². The lowest BCUT2D eigenvalue weighted by atomic mass is 10.2. The maximum atomic E-state index is 12.0. The first-order chi connectivity index (χ1) is 10.3. The van der Waals surface area contributed by atoms with Gasteiger partial charge >= 0.3 is 6.09 Å². The molecule has 0 saturated carbocycles. The van der Waals surface area contributed by atoms with Crippen molar-refractivity contribution in [1.29, 1.82) is 0 Å². The zero-order valence-electron chi connectivity index (χ0n) is 14.0. The van der Waals surface area contributed by atoms with Gasteiger partial charge in [0.2, 0.25) is 0 Å². The van der Waals surface area contributed by atoms with Crippen molar-refractivity contribution >= 4 is 12.1 Å². The predicted molar refractivity (Wildman–Crippen MR) is 88.6 cm³/mol. The van der Waals surface area contributed by atoms with Crippen LogP contribution in [0.1, 0.15) is 40.0 Å². The van der Waals surface area contributed by atoms with Crippen molar-refractivity contribution in [2.75, 3.05) is 32.7 Å². The maximum absolute atomic E-state index is 12.0. The molecule has 22 heavy (non-hydrogen) atoms. The average molecular weight is 308 g/mol. The highest BCUT2D eigenvalue weighted by atomic mass is 16.6. The molecule has 0 spiro atoms. The predicted octanol–water partition coefficient (Wildman–Crippen LogP) is 1.66. The number of carbonyl (C=O) groups is 1. The van der Waals surface area contributed by atoms with E-state index in [0.29, 0.717) is 38.7 Å². The third-order valence-corrected chi connectivity index (χ3v) is 3.26. The molecule has 1 aliphatic rings. The number of terminal acetylenes is 1. The first-order valence-electron chi connectivity index (χ1n) is 7.80. The quantitative estimate of drug-likeness (QED) is 0.371. The summed E-state index contributed by atoms with van der Waals surface area (Å²) in [7, 11) is 0. The molecule has 1 rings (SSSR count). The number of guanidine groups is 1. The molecule has 0 aromatic rings. The third-order valence-electron chi connectivity index (χ3n) is 3.26. The van der Waals surface area contributed by atoms with Gasteiger partial charge in [-0.1, -0.05) is 0 Å². The molecule has 1 amide bonds. The zero-order chi connectivity index (χ0) is 16.6. The molecule has 6 nitrogen and oxygen atoms in total. The van der Waals surface area contributed by atoms with Crippen LogP contribution in [0.4, 0.5) is 4.79 Å². The van der Waals surface area contributed by atoms with Gasteiger partial charge in [0.05, 0.1) is 0 Å². The summed E-state index contributed by atoms with van der Waals surface area (Å²) >= 11 is 0. The van der Waals surface area contributed by atoms with E-state index in [1.807, 2.05) is 25.7 Å². The van der Waals surface area contributed by atoms with Crippen LogP contribution in [0.15, 0.2) is 4.99 Å². The van der Waals surface area contributed by atoms with Crippen molar-refractivity contribution in [2.45, 2.75) is 45.6 Å². The highest BCUT2D eigenvalue weighted by Crippen LogP contribution is 2.11. The van der Waals surface area contributed by atoms with E-state index in [2.05, 4.69) is 10.9 Å². The van der Waals surface area contributed by atoms with Gasteiger partial charge in [0.15, 0.2) is 5.96 Å². The lowest BCUT2D eigenvalue weighted by Crippen LogP contribution is -2.53. The van der Waals surface area contributed by atoms with Crippen molar-refractivity contribution in [3.05, 3.63) is 0 Å². The van der Waals surface area contributed by atoms with Crippen LogP contribution in [0, 0.1) is 12.3 Å². The van der Waals surface area contributed by atoms with Gasteiger partial charge in [-0.3, -0.25) is 4.99 Å². The lowest BCUT2D eigenvalue weighted by molar-refractivity contribution is 0.0186. The smallest absolute Gasteiger partial charge is 0.410 e. The summed E-state index contributed by atoms with van der Waals surface area (Å²) < 4.78 is 5.37. The lowest BCUT2D eigenvalue weighted by Gasteiger charge is -2.36. The Balaban J connectivity index is 2.33. The average Bonchev–Trinajstić information content (AvgIpc) is 2.45. The molecule has 0 unspecified atom stereocenters. The second-order valence-corrected chi connectivity index (χ2v) is 6.36. The van der Waals surface area contributed by atoms with E-state index < -0.39 is 5.60 Å². The van der Waals surface area contributed by atoms with Crippen LogP contribution < -0.4 is 5.73 Å². The van der Waals surface area contributed by atoms with Gasteiger partial charge < -0.3 is 20.3 Å². The van der Waals surface area contributed by atoms with Gasteiger partial charge in [-0.2, -0.15) is 0 Å². The van der Waals surface area contributed by atoms with E-state index >= 15 is 0 Å². The minimum absolute atomic E-state index is 0.267. The molecule has 1 aliphatic heterocycles. The molecule has 0 aromatic heterocycles. The van der Waals surface area contributed by atoms with E-state index in [0.717, 1.165) is 19.3 Å². The number of hydrogen-bond donors (Lipinski definition) is 1. The minimum Gasteiger partial charge on any atom is -0.444 e. The van der Waals surface area contributed by atoms with Crippen molar-refractivity contribution < 1.29 is 9.53 Å². The Hall–Kier alpha value is -1.90. The molecule has 0 radical (unpaired) electrons. The summed E-state index contributed by atoms with van der Waals surface area (Å²) in [4.78, 5) is 20.0. The minimum atomic E-state index is -0.465. The van der Waals surface area contributed by atoms with Crippen molar-refractivity contribution in [1.82, 2.24) is 9.80 Å². The third kappa shape index (κ3) is 6.70. The second-order valence-electron chi connectivity index (χ2n) is 6.36. The SMILES string of the molecule is C#CCCCCN=C(N)N1CCN(C(=O)OC(C)(C)C)CC1. The highest BCUT2D eigenvalue weighted by molar-refractivity contribution is 5.78. The highest BCUT2D eigenvalue weighted by Gasteiger charge is 2.26. The van der Waals surface area contributed by atoms with Gasteiger partial charge in [-0.05, 0) is 33.6 Å². The summed E-state index contributed by atoms with van der Waals surface area (Å²) in [6.07, 6.45) is 7.64. The molecule has 0 aliphatic carbocycles. The zero-order valence-corrected chi connectivity index (χ0v) is 14.0. The number of nitrogens with two attached hydrogens (primary N) is 1. The van der Waals surface area contributed by atoms with Crippen LogP contribution >= 0.6 is 0 Å². The summed E-state index contributed by atoms with van der Waals surface area (Å²) in [6.45, 7) is 8.85. The number of unbranched alkanes of at least 4 members (excludes halogenated alkanes) is 2. The number of carbonyl (C=O) groups excluding carboxylic acids is 1. The number of amides is 1. The van der Waals surface area contributed by atoms with Gasteiger partial charge in [0.25, 0.3) is 0 Å². The molecule has 1 heterocycles. The fraction of sp³-hybridized carbons (Fsp3) is 0.750. The van der Waals surface area contributed by atoms with E-state index in [9.17, 15) is 4.79 Å². The number of ether oxygens (including phenoxy) is 1. The van der Waals surface area contributed by atoms with E-state index in [1.54, 1.807) is 4.90 Å². The van der Waals surface area contributed by atoms with Crippen LogP contribution in [-0.2, 0) is 4.74 Å². The summed E-state index contributed by atoms with van der Waals surface area (Å²) in [5.74, 6) is 3.16. The van der Waals surface area contributed by atoms with Crippen LogP contribution in [0.5, 0.6) is 0 Å². The Morgan fingerprint density at radius 3 is 2.36 bits per heavy atom. The monoisotopic (exact) mass is 308 g/mol. The molecule has 0 aromatic carbocycles. The standard InChI is InChI=1S/C16H28N4O2/c1-5-6-7-8-9-18-14(17)19-10-12-20(13-11-19)15(21)22-16(2,3)4/h1H,6-13H2,2-4H3,(H2,17,18). The molecule has 6 heteroatoms. The van der Waals surface area contributed by atoms with Crippen molar-refractivity contribution in [3.8, 4) is 12.3 Å². The largest absolute Gasteiger partial charge is 0.444 e. The fourth-order valence-corrected chi connectivity index (χ4v) is 2.08. The Labute approximate surface area is 133 Å². The molecule has 1 fully saturated rings. The number of aliphatic imine (C=N–C) groups is 1. The number of nitrogens with zero attached hydrogens (tertiary/aromatic N) is 3. The summed E-state index contributed by atoms with van der Waals surface area (Å²) in [6, 6.07) is 0. The summed E-state index contributed by atoms with van der Waals surface area (Å²) in [5, 5.41) is 0. The van der Waals surface area contributed by atoms with Gasteiger partial charge in [0, 0.05) is 39.1 Å². The molecule has 124 valence electrons. The molecule has 1 saturated heterocycles. The fourth-order valence-electron chi connectivity index (χ4n) is 2.08. The molecule has 0 atom stereocenters. The first kappa shape index (κ1) is 18.1. The van der Waals surface area contributed by atoms with E-state index in [-0.39, 0.29) is 6.09 Å². The van der Waals surface area contributed by atoms with Gasteiger partial charge in [-0.15, -0.1) is 12.3 Å². The summed E-state index contributed by atoms with van der Waals surface area (Å²) in [5.41, 5.74) is 5.52. The normalized spacial score (nSPS) is 16.4. The Bertz CT molecular complexity index is 426.